The number of hydrogen-bond donors (Lipinski definition) is 2. The summed E-state index contributed by atoms with van der Waals surface area (Å²) in [6, 6.07) is 21.7. The van der Waals surface area contributed by atoms with Crippen molar-refractivity contribution >= 4 is 11.7 Å². The zero-order chi connectivity index (χ0) is 28.0. The number of carbonyl (C=O) groups is 1. The van der Waals surface area contributed by atoms with E-state index in [4.69, 9.17) is 0 Å². The highest BCUT2D eigenvalue weighted by molar-refractivity contribution is 5.88. The molecule has 3 aromatic carbocycles. The summed E-state index contributed by atoms with van der Waals surface area (Å²) in [4.78, 5) is 13.8. The van der Waals surface area contributed by atoms with E-state index in [1.165, 1.54) is 53.6 Å². The highest BCUT2D eigenvalue weighted by Gasteiger charge is 2.22. The number of benzene rings is 3. The molecule has 0 aliphatic heterocycles. The lowest BCUT2D eigenvalue weighted by Crippen LogP contribution is -2.27. The van der Waals surface area contributed by atoms with Crippen LogP contribution < -0.4 is 10.2 Å². The first-order chi connectivity index (χ1) is 18.7. The summed E-state index contributed by atoms with van der Waals surface area (Å²) in [6.45, 7) is 14.4. The summed E-state index contributed by atoms with van der Waals surface area (Å²) in [5.41, 5.74) is 9.05. The number of carboxylic acids is 1. The maximum Gasteiger partial charge on any atom is 0.335 e. The Morgan fingerprint density at radius 3 is 2.15 bits per heavy atom. The van der Waals surface area contributed by atoms with Gasteiger partial charge in [0.25, 0.3) is 0 Å². The Hall–Kier alpha value is -3.11. The van der Waals surface area contributed by atoms with E-state index < -0.39 is 5.97 Å². The van der Waals surface area contributed by atoms with Gasteiger partial charge in [0.05, 0.1) is 5.56 Å². The van der Waals surface area contributed by atoms with Gasteiger partial charge in [0, 0.05) is 24.8 Å². The number of carboxylic acid groups (broad SMARTS) is 1. The van der Waals surface area contributed by atoms with Crippen LogP contribution in [0.5, 0.6) is 0 Å². The van der Waals surface area contributed by atoms with Crippen LogP contribution >= 0.6 is 0 Å². The number of anilines is 1. The Kier molecular flexibility index (Phi) is 9.50. The maximum atomic E-state index is 11.4. The van der Waals surface area contributed by atoms with E-state index in [-0.39, 0.29) is 5.41 Å². The number of nitrogens with zero attached hydrogens (tertiary/aromatic N) is 1. The molecule has 1 aliphatic rings. The maximum absolute atomic E-state index is 11.4. The molecule has 0 aromatic heterocycles. The zero-order valence-electron chi connectivity index (χ0n) is 24.5. The molecule has 0 saturated heterocycles. The number of nitrogens with one attached hydrogen (secondary N) is 1. The predicted molar refractivity (Wildman–Crippen MR) is 165 cm³/mol. The van der Waals surface area contributed by atoms with Gasteiger partial charge in [-0.3, -0.25) is 0 Å². The van der Waals surface area contributed by atoms with Gasteiger partial charge in [-0.25, -0.2) is 4.79 Å². The molecule has 0 unspecified atom stereocenters. The minimum absolute atomic E-state index is 0.0174. The van der Waals surface area contributed by atoms with E-state index in [2.05, 4.69) is 81.2 Å². The van der Waals surface area contributed by atoms with Gasteiger partial charge < -0.3 is 15.3 Å². The van der Waals surface area contributed by atoms with Gasteiger partial charge in [0.15, 0.2) is 0 Å². The quantitative estimate of drug-likeness (QED) is 0.247. The average Bonchev–Trinajstić information content (AvgIpc) is 3.45. The Morgan fingerprint density at radius 2 is 1.54 bits per heavy atom. The summed E-state index contributed by atoms with van der Waals surface area (Å²) < 4.78 is 0. The summed E-state index contributed by atoms with van der Waals surface area (Å²) in [5.74, 6) is -0.896. The first-order valence-corrected chi connectivity index (χ1v) is 14.8. The highest BCUT2D eigenvalue weighted by Crippen LogP contribution is 2.38. The fourth-order valence-corrected chi connectivity index (χ4v) is 5.91. The Bertz CT molecular complexity index is 1250. The van der Waals surface area contributed by atoms with Crippen LogP contribution in [0.15, 0.2) is 60.7 Å². The second-order valence-corrected chi connectivity index (χ2v) is 11.9. The average molecular weight is 527 g/mol. The molecule has 0 atom stereocenters. The van der Waals surface area contributed by atoms with Gasteiger partial charge in [-0.2, -0.15) is 0 Å². The molecule has 2 N–H and O–H groups in total. The molecule has 0 heterocycles. The monoisotopic (exact) mass is 526 g/mol. The van der Waals surface area contributed by atoms with Crippen LogP contribution in [0.2, 0.25) is 0 Å². The Morgan fingerprint density at radius 1 is 0.897 bits per heavy atom. The molecule has 1 fully saturated rings. The van der Waals surface area contributed by atoms with Crippen molar-refractivity contribution in [2.45, 2.75) is 84.6 Å². The van der Waals surface area contributed by atoms with E-state index in [0.717, 1.165) is 43.6 Å². The van der Waals surface area contributed by atoms with Crippen LogP contribution in [0.4, 0.5) is 5.69 Å². The second kappa shape index (κ2) is 12.8. The van der Waals surface area contributed by atoms with Crippen molar-refractivity contribution in [1.29, 1.82) is 0 Å². The van der Waals surface area contributed by atoms with Crippen LogP contribution in [0.3, 0.4) is 0 Å². The predicted octanol–water partition coefficient (Wildman–Crippen LogP) is 8.33. The highest BCUT2D eigenvalue weighted by atomic mass is 16.4. The van der Waals surface area contributed by atoms with Crippen molar-refractivity contribution in [2.24, 2.45) is 0 Å². The summed E-state index contributed by atoms with van der Waals surface area (Å²) in [6.07, 6.45) is 7.48. The fraction of sp³-hybridized carbons (Fsp3) is 0.457. The van der Waals surface area contributed by atoms with Gasteiger partial charge in [0.2, 0.25) is 0 Å². The second-order valence-electron chi connectivity index (χ2n) is 11.9. The largest absolute Gasteiger partial charge is 0.478 e. The minimum Gasteiger partial charge on any atom is -0.478 e. The summed E-state index contributed by atoms with van der Waals surface area (Å²) in [7, 11) is 0. The first-order valence-electron chi connectivity index (χ1n) is 14.8. The molecule has 4 heteroatoms. The Labute approximate surface area is 235 Å². The molecule has 0 bridgehead atoms. The Balaban J connectivity index is 1.71. The molecule has 1 aliphatic carbocycles. The molecule has 1 saturated carbocycles. The van der Waals surface area contributed by atoms with Gasteiger partial charge >= 0.3 is 5.97 Å². The molecule has 4 rings (SSSR count). The molecule has 0 amide bonds. The van der Waals surface area contributed by atoms with E-state index in [0.29, 0.717) is 11.6 Å². The summed E-state index contributed by atoms with van der Waals surface area (Å²) >= 11 is 0. The zero-order valence-corrected chi connectivity index (χ0v) is 24.5. The van der Waals surface area contributed by atoms with Crippen LogP contribution in [0.25, 0.3) is 22.3 Å². The first kappa shape index (κ1) is 28.9. The van der Waals surface area contributed by atoms with Gasteiger partial charge in [-0.05, 0) is 115 Å². The topological polar surface area (TPSA) is 52.6 Å². The molecule has 4 nitrogen and oxygen atoms in total. The number of aryl methyl sites for hydroxylation is 1. The number of hydrogen-bond acceptors (Lipinski definition) is 3. The molecule has 3 aromatic rings. The molecule has 0 radical (unpaired) electrons. The van der Waals surface area contributed by atoms with Crippen molar-refractivity contribution in [2.75, 3.05) is 24.5 Å². The molecule has 208 valence electrons. The van der Waals surface area contributed by atoms with Crippen molar-refractivity contribution in [3.05, 3.63) is 77.4 Å². The van der Waals surface area contributed by atoms with Gasteiger partial charge in [0.1, 0.15) is 0 Å². The van der Waals surface area contributed by atoms with E-state index in [9.17, 15) is 9.90 Å². The smallest absolute Gasteiger partial charge is 0.335 e. The normalized spacial score (nSPS) is 14.1. The lowest BCUT2D eigenvalue weighted by Gasteiger charge is -2.31. The number of aromatic carboxylic acids is 1. The molecule has 0 spiro atoms. The van der Waals surface area contributed by atoms with Gasteiger partial charge in [-0.15, -0.1) is 0 Å². The third-order valence-electron chi connectivity index (χ3n) is 8.21. The van der Waals surface area contributed by atoms with E-state index >= 15 is 0 Å². The van der Waals surface area contributed by atoms with Crippen molar-refractivity contribution in [3.8, 4) is 22.3 Å². The van der Waals surface area contributed by atoms with Crippen molar-refractivity contribution in [1.82, 2.24) is 5.32 Å². The van der Waals surface area contributed by atoms with E-state index in [1.807, 2.05) is 12.1 Å². The van der Waals surface area contributed by atoms with Crippen LogP contribution in [0.1, 0.15) is 88.2 Å². The summed E-state index contributed by atoms with van der Waals surface area (Å²) in [5, 5.41) is 13.1. The van der Waals surface area contributed by atoms with E-state index in [1.54, 1.807) is 12.1 Å². The molecule has 39 heavy (non-hydrogen) atoms. The van der Waals surface area contributed by atoms with Crippen LogP contribution in [-0.2, 0) is 11.8 Å². The van der Waals surface area contributed by atoms with Crippen molar-refractivity contribution in [3.63, 3.8) is 0 Å². The fourth-order valence-electron chi connectivity index (χ4n) is 5.91. The van der Waals surface area contributed by atoms with Crippen molar-refractivity contribution < 1.29 is 9.90 Å². The third-order valence-corrected chi connectivity index (χ3v) is 8.21. The van der Waals surface area contributed by atoms with Gasteiger partial charge in [-0.1, -0.05) is 63.9 Å². The SMILES string of the molecule is CCN(CC)c1ccc(-c2cc(-c3ccc(C(=O)O)cc3)ccc2CCCNC2CCCC2)cc1C(C)(C)C. The van der Waals surface area contributed by atoms with Crippen LogP contribution in [0, 0.1) is 0 Å². The standard InChI is InChI=1S/C35H46N2O2/c1-6-37(7-2)33-21-20-29(24-32(33)35(3,4)5)31-23-28(25-14-17-27(18-15-25)34(38)39)19-16-26(31)11-10-22-36-30-12-8-9-13-30/h14-21,23-24,30,36H,6-13,22H2,1-5H3,(H,38,39). The molecular weight excluding hydrogens is 480 g/mol. The third kappa shape index (κ3) is 7.10. The molecular formula is C35H46N2O2. The lowest BCUT2D eigenvalue weighted by atomic mass is 9.82. The number of rotatable bonds is 11. The lowest BCUT2D eigenvalue weighted by molar-refractivity contribution is 0.0697. The minimum atomic E-state index is -0.896. The van der Waals surface area contributed by atoms with Crippen LogP contribution in [-0.4, -0.2) is 36.8 Å².